The molecular formula is C17H23N3O4. The number of aliphatic carboxylic acids is 1. The Hall–Kier alpha value is -2.41. The second-order valence-electron chi connectivity index (χ2n) is 6.45. The second kappa shape index (κ2) is 7.00. The van der Waals surface area contributed by atoms with Crippen LogP contribution in [0, 0.1) is 0 Å². The average Bonchev–Trinajstić information content (AvgIpc) is 2.71. The number of rotatable bonds is 6. The second-order valence-corrected chi connectivity index (χ2v) is 6.45. The van der Waals surface area contributed by atoms with Crippen molar-refractivity contribution in [2.75, 3.05) is 6.54 Å². The minimum atomic E-state index is -1.12. The van der Waals surface area contributed by atoms with Gasteiger partial charge in [-0.05, 0) is 26.3 Å². The van der Waals surface area contributed by atoms with E-state index in [1.165, 1.54) is 4.90 Å². The summed E-state index contributed by atoms with van der Waals surface area (Å²) in [6, 6.07) is 8.16. The van der Waals surface area contributed by atoms with Crippen LogP contribution in [0.2, 0.25) is 0 Å². The van der Waals surface area contributed by atoms with Gasteiger partial charge in [-0.1, -0.05) is 30.3 Å². The van der Waals surface area contributed by atoms with Gasteiger partial charge >= 0.3 is 5.97 Å². The Bertz CT molecular complexity index is 630. The smallest absolute Gasteiger partial charge is 0.322 e. The van der Waals surface area contributed by atoms with E-state index in [0.717, 1.165) is 5.56 Å². The fraction of sp³-hybridized carbons (Fsp3) is 0.471. The van der Waals surface area contributed by atoms with E-state index in [1.54, 1.807) is 6.92 Å². The lowest BCUT2D eigenvalue weighted by atomic mass is 10.0. The van der Waals surface area contributed by atoms with Gasteiger partial charge in [-0.15, -0.1) is 0 Å². The largest absolute Gasteiger partial charge is 0.480 e. The highest BCUT2D eigenvalue weighted by Crippen LogP contribution is 2.25. The van der Waals surface area contributed by atoms with Gasteiger partial charge in [0.05, 0.1) is 11.7 Å². The molecule has 3 N–H and O–H groups in total. The number of carbonyl (C=O) groups is 3. The van der Waals surface area contributed by atoms with E-state index in [1.807, 2.05) is 44.2 Å². The molecule has 0 aromatic heterocycles. The summed E-state index contributed by atoms with van der Waals surface area (Å²) in [5.41, 5.74) is 0.201. The number of carbonyl (C=O) groups excluding carboxylic acids is 2. The van der Waals surface area contributed by atoms with Gasteiger partial charge in [-0.3, -0.25) is 19.7 Å². The van der Waals surface area contributed by atoms with Gasteiger partial charge in [0.2, 0.25) is 11.8 Å². The molecule has 7 nitrogen and oxygen atoms in total. The normalized spacial score (nSPS) is 20.7. The number of nitrogens with zero attached hydrogens (tertiary/aromatic N) is 1. The molecule has 2 atom stereocenters. The van der Waals surface area contributed by atoms with Gasteiger partial charge < -0.3 is 15.3 Å². The van der Waals surface area contributed by atoms with Crippen LogP contribution in [-0.2, 0) is 20.8 Å². The lowest BCUT2D eigenvalue weighted by Crippen LogP contribution is -2.58. The maximum atomic E-state index is 12.6. The zero-order valence-corrected chi connectivity index (χ0v) is 14.1. The predicted octanol–water partition coefficient (Wildman–Crippen LogP) is 0.355. The van der Waals surface area contributed by atoms with Gasteiger partial charge in [-0.25, -0.2) is 0 Å². The Morgan fingerprint density at radius 1 is 1.33 bits per heavy atom. The summed E-state index contributed by atoms with van der Waals surface area (Å²) < 4.78 is 0. The van der Waals surface area contributed by atoms with E-state index in [4.69, 9.17) is 5.11 Å². The number of hydrogen-bond donors (Lipinski definition) is 3. The van der Waals surface area contributed by atoms with Crippen LogP contribution >= 0.6 is 0 Å². The number of hydrogen-bond acceptors (Lipinski definition) is 4. The van der Waals surface area contributed by atoms with Crippen LogP contribution in [0.5, 0.6) is 0 Å². The molecule has 0 aliphatic carbocycles. The van der Waals surface area contributed by atoms with Crippen LogP contribution in [0.4, 0.5) is 0 Å². The monoisotopic (exact) mass is 333 g/mol. The summed E-state index contributed by atoms with van der Waals surface area (Å²) in [5.74, 6) is -1.77. The van der Waals surface area contributed by atoms with Crippen molar-refractivity contribution < 1.29 is 19.5 Å². The lowest BCUT2D eigenvalue weighted by molar-refractivity contribution is -0.143. The van der Waals surface area contributed by atoms with Crippen molar-refractivity contribution in [3.8, 4) is 0 Å². The molecule has 2 rings (SSSR count). The van der Waals surface area contributed by atoms with E-state index in [2.05, 4.69) is 10.6 Å². The standard InChI is InChI=1S/C17H23N3O4/c1-11-16(24)20(17(2,3)19-11)13(15(23)18-10-14(21)22)9-12-7-5-4-6-8-12/h4-8,11,13,19H,9-10H2,1-3H3,(H,18,23)(H,21,22). The zero-order valence-electron chi connectivity index (χ0n) is 14.1. The first-order chi connectivity index (χ1) is 11.2. The van der Waals surface area contributed by atoms with E-state index in [-0.39, 0.29) is 5.91 Å². The minimum Gasteiger partial charge on any atom is -0.480 e. The van der Waals surface area contributed by atoms with E-state index < -0.39 is 36.2 Å². The summed E-state index contributed by atoms with van der Waals surface area (Å²) >= 11 is 0. The quantitative estimate of drug-likeness (QED) is 0.698. The fourth-order valence-corrected chi connectivity index (χ4v) is 3.11. The zero-order chi connectivity index (χ0) is 17.9. The van der Waals surface area contributed by atoms with Crippen LogP contribution in [0.3, 0.4) is 0 Å². The van der Waals surface area contributed by atoms with Crippen LogP contribution in [-0.4, -0.2) is 52.1 Å². The molecule has 1 aromatic carbocycles. The first-order valence-electron chi connectivity index (χ1n) is 7.86. The highest BCUT2D eigenvalue weighted by Gasteiger charge is 2.47. The molecule has 1 aromatic rings. The van der Waals surface area contributed by atoms with Gasteiger partial charge in [0, 0.05) is 6.42 Å². The molecule has 0 spiro atoms. The number of carboxylic acid groups (broad SMARTS) is 1. The highest BCUT2D eigenvalue weighted by molar-refractivity contribution is 5.92. The van der Waals surface area contributed by atoms with Crippen molar-refractivity contribution >= 4 is 17.8 Å². The van der Waals surface area contributed by atoms with Crippen molar-refractivity contribution in [3.05, 3.63) is 35.9 Å². The molecule has 2 unspecified atom stereocenters. The predicted molar refractivity (Wildman–Crippen MR) is 88.1 cm³/mol. The van der Waals surface area contributed by atoms with E-state index in [0.29, 0.717) is 6.42 Å². The van der Waals surface area contributed by atoms with Crippen molar-refractivity contribution in [1.29, 1.82) is 0 Å². The molecule has 130 valence electrons. The average molecular weight is 333 g/mol. The van der Waals surface area contributed by atoms with Crippen LogP contribution < -0.4 is 10.6 Å². The number of carboxylic acids is 1. The Labute approximate surface area is 141 Å². The summed E-state index contributed by atoms with van der Waals surface area (Å²) in [6.45, 7) is 4.93. The maximum Gasteiger partial charge on any atom is 0.322 e. The van der Waals surface area contributed by atoms with Gasteiger partial charge in [0.1, 0.15) is 12.6 Å². The van der Waals surface area contributed by atoms with Gasteiger partial charge in [0.15, 0.2) is 0 Å². The molecular weight excluding hydrogens is 310 g/mol. The molecule has 1 fully saturated rings. The summed E-state index contributed by atoms with van der Waals surface area (Å²) in [5, 5.41) is 14.3. The number of benzene rings is 1. The van der Waals surface area contributed by atoms with E-state index >= 15 is 0 Å². The van der Waals surface area contributed by atoms with Gasteiger partial charge in [-0.2, -0.15) is 0 Å². The Morgan fingerprint density at radius 3 is 2.46 bits per heavy atom. The summed E-state index contributed by atoms with van der Waals surface area (Å²) in [6.07, 6.45) is 0.315. The van der Waals surface area contributed by atoms with E-state index in [9.17, 15) is 14.4 Å². The molecule has 0 bridgehead atoms. The Kier molecular flexibility index (Phi) is 5.23. The molecule has 1 heterocycles. The van der Waals surface area contributed by atoms with Crippen LogP contribution in [0.25, 0.3) is 0 Å². The fourth-order valence-electron chi connectivity index (χ4n) is 3.11. The Balaban J connectivity index is 2.29. The third-order valence-corrected chi connectivity index (χ3v) is 4.08. The SMILES string of the molecule is CC1NC(C)(C)N(C(Cc2ccccc2)C(=O)NCC(=O)O)C1=O. The number of nitrogens with one attached hydrogen (secondary N) is 2. The molecule has 2 amide bonds. The molecule has 0 radical (unpaired) electrons. The lowest BCUT2D eigenvalue weighted by Gasteiger charge is -2.37. The maximum absolute atomic E-state index is 12.6. The molecule has 7 heteroatoms. The van der Waals surface area contributed by atoms with Crippen molar-refractivity contribution in [2.45, 2.75) is 44.9 Å². The topological polar surface area (TPSA) is 98.7 Å². The van der Waals surface area contributed by atoms with Gasteiger partial charge in [0.25, 0.3) is 0 Å². The first-order valence-corrected chi connectivity index (χ1v) is 7.86. The molecule has 24 heavy (non-hydrogen) atoms. The molecule has 0 saturated carbocycles. The highest BCUT2D eigenvalue weighted by atomic mass is 16.4. The summed E-state index contributed by atoms with van der Waals surface area (Å²) in [7, 11) is 0. The minimum absolute atomic E-state index is 0.175. The van der Waals surface area contributed by atoms with Crippen molar-refractivity contribution in [1.82, 2.24) is 15.5 Å². The van der Waals surface area contributed by atoms with Crippen molar-refractivity contribution in [3.63, 3.8) is 0 Å². The molecule has 1 aliphatic rings. The van der Waals surface area contributed by atoms with Crippen molar-refractivity contribution in [2.24, 2.45) is 0 Å². The van der Waals surface area contributed by atoms with Crippen LogP contribution in [0.1, 0.15) is 26.3 Å². The third kappa shape index (κ3) is 3.91. The molecule has 1 aliphatic heterocycles. The third-order valence-electron chi connectivity index (χ3n) is 4.08. The molecule has 1 saturated heterocycles. The number of amides is 2. The summed E-state index contributed by atoms with van der Waals surface area (Å²) in [4.78, 5) is 37.4. The Morgan fingerprint density at radius 2 is 1.96 bits per heavy atom. The first kappa shape index (κ1) is 17.9. The van der Waals surface area contributed by atoms with Crippen LogP contribution in [0.15, 0.2) is 30.3 Å².